The smallest absolute Gasteiger partial charge is 0.0720 e. The Morgan fingerprint density at radius 2 is 1.93 bits per heavy atom. The minimum Gasteiger partial charge on any atom is -0.375 e. The highest BCUT2D eigenvalue weighted by Crippen LogP contribution is 2.12. The highest BCUT2D eigenvalue weighted by molar-refractivity contribution is 5.26. The van der Waals surface area contributed by atoms with Crippen molar-refractivity contribution in [1.29, 1.82) is 0 Å². The molecule has 1 aromatic rings. The Kier molecular flexibility index (Phi) is 3.17. The number of benzene rings is 1. The molecule has 2 rings (SSSR count). The van der Waals surface area contributed by atoms with Gasteiger partial charge in [0.05, 0.1) is 13.2 Å². The van der Waals surface area contributed by atoms with Gasteiger partial charge in [-0.05, 0) is 24.6 Å². The quantitative estimate of drug-likeness (QED) is 0.619. The second-order valence-electron chi connectivity index (χ2n) is 3.87. The monoisotopic (exact) mass is 191 g/mol. The standard InChI is InChI=1S/C12H17NO/c1-13-7-6-11-4-2-3-5-12(11)10-14-9-8-13/h2-5H,6-10H2,1H3. The molecule has 0 unspecified atom stereocenters. The molecule has 0 spiro atoms. The number of fused-ring (bicyclic) bond motifs is 1. The van der Waals surface area contributed by atoms with Crippen molar-refractivity contribution in [3.8, 4) is 0 Å². The fourth-order valence-corrected chi connectivity index (χ4v) is 1.77. The Labute approximate surface area is 85.5 Å². The molecular weight excluding hydrogens is 174 g/mol. The second-order valence-corrected chi connectivity index (χ2v) is 3.87. The van der Waals surface area contributed by atoms with Gasteiger partial charge < -0.3 is 9.64 Å². The third kappa shape index (κ3) is 2.34. The third-order valence-corrected chi connectivity index (χ3v) is 2.76. The number of nitrogens with zero attached hydrogens (tertiary/aromatic N) is 1. The van der Waals surface area contributed by atoms with E-state index >= 15 is 0 Å². The molecule has 0 radical (unpaired) electrons. The van der Waals surface area contributed by atoms with E-state index in [1.165, 1.54) is 11.1 Å². The topological polar surface area (TPSA) is 12.5 Å². The normalized spacial score (nSPS) is 19.2. The SMILES string of the molecule is CN1CCOCc2ccccc2CC1. The molecule has 2 nitrogen and oxygen atoms in total. The molecule has 1 heterocycles. The van der Waals surface area contributed by atoms with Crippen molar-refractivity contribution in [1.82, 2.24) is 4.90 Å². The van der Waals surface area contributed by atoms with Crippen molar-refractivity contribution < 1.29 is 4.74 Å². The van der Waals surface area contributed by atoms with Crippen LogP contribution in [0.1, 0.15) is 11.1 Å². The van der Waals surface area contributed by atoms with Crippen molar-refractivity contribution in [3.05, 3.63) is 35.4 Å². The van der Waals surface area contributed by atoms with Gasteiger partial charge in [0, 0.05) is 13.1 Å². The molecule has 2 heteroatoms. The van der Waals surface area contributed by atoms with Gasteiger partial charge in [-0.2, -0.15) is 0 Å². The lowest BCUT2D eigenvalue weighted by Gasteiger charge is -2.14. The third-order valence-electron chi connectivity index (χ3n) is 2.76. The van der Waals surface area contributed by atoms with Crippen LogP contribution in [-0.2, 0) is 17.8 Å². The van der Waals surface area contributed by atoms with Crippen molar-refractivity contribution in [2.75, 3.05) is 26.7 Å². The Morgan fingerprint density at radius 1 is 1.14 bits per heavy atom. The van der Waals surface area contributed by atoms with Crippen LogP contribution in [0.2, 0.25) is 0 Å². The predicted octanol–water partition coefficient (Wildman–Crippen LogP) is 1.69. The lowest BCUT2D eigenvalue weighted by Crippen LogP contribution is -2.24. The second kappa shape index (κ2) is 4.58. The Hall–Kier alpha value is -0.860. The number of hydrogen-bond acceptors (Lipinski definition) is 2. The number of rotatable bonds is 0. The van der Waals surface area contributed by atoms with E-state index in [1.807, 2.05) is 0 Å². The summed E-state index contributed by atoms with van der Waals surface area (Å²) in [6.45, 7) is 3.77. The largest absolute Gasteiger partial charge is 0.375 e. The zero-order chi connectivity index (χ0) is 9.80. The van der Waals surface area contributed by atoms with Gasteiger partial charge in [0.2, 0.25) is 0 Å². The van der Waals surface area contributed by atoms with E-state index in [1.54, 1.807) is 0 Å². The Morgan fingerprint density at radius 3 is 2.79 bits per heavy atom. The van der Waals surface area contributed by atoms with Crippen molar-refractivity contribution in [3.63, 3.8) is 0 Å². The summed E-state index contributed by atoms with van der Waals surface area (Å²) in [6.07, 6.45) is 1.13. The van der Waals surface area contributed by atoms with Crippen LogP contribution < -0.4 is 0 Å². The van der Waals surface area contributed by atoms with Crippen LogP contribution >= 0.6 is 0 Å². The van der Waals surface area contributed by atoms with Crippen LogP contribution in [0.5, 0.6) is 0 Å². The fourth-order valence-electron chi connectivity index (χ4n) is 1.77. The van der Waals surface area contributed by atoms with Crippen LogP contribution in [0.3, 0.4) is 0 Å². The minimum atomic E-state index is 0.768. The molecule has 0 bridgehead atoms. The van der Waals surface area contributed by atoms with Crippen LogP contribution in [0.15, 0.2) is 24.3 Å². The molecule has 0 atom stereocenters. The Balaban J connectivity index is 2.16. The van der Waals surface area contributed by atoms with Gasteiger partial charge in [-0.1, -0.05) is 24.3 Å². The summed E-state index contributed by atoms with van der Waals surface area (Å²) in [7, 11) is 2.15. The van der Waals surface area contributed by atoms with Crippen LogP contribution in [0.4, 0.5) is 0 Å². The number of ether oxygens (including phenoxy) is 1. The first-order valence-electron chi connectivity index (χ1n) is 5.19. The number of likely N-dealkylation sites (N-methyl/N-ethyl adjacent to an activating group) is 1. The van der Waals surface area contributed by atoms with E-state index in [9.17, 15) is 0 Å². The van der Waals surface area contributed by atoms with Crippen LogP contribution in [0.25, 0.3) is 0 Å². The first kappa shape index (κ1) is 9.69. The summed E-state index contributed by atoms with van der Waals surface area (Å²) in [5, 5.41) is 0. The Bertz CT molecular complexity index is 298. The molecule has 0 fully saturated rings. The maximum absolute atomic E-state index is 5.61. The van der Waals surface area contributed by atoms with E-state index in [-0.39, 0.29) is 0 Å². The molecule has 0 aromatic heterocycles. The molecule has 0 N–H and O–H groups in total. The van der Waals surface area contributed by atoms with Gasteiger partial charge in [0.1, 0.15) is 0 Å². The summed E-state index contributed by atoms with van der Waals surface area (Å²) in [5.74, 6) is 0. The predicted molar refractivity (Wildman–Crippen MR) is 57.3 cm³/mol. The molecule has 14 heavy (non-hydrogen) atoms. The van der Waals surface area contributed by atoms with Gasteiger partial charge in [-0.15, -0.1) is 0 Å². The molecular formula is C12H17NO. The molecule has 76 valence electrons. The van der Waals surface area contributed by atoms with Gasteiger partial charge in [-0.25, -0.2) is 0 Å². The highest BCUT2D eigenvalue weighted by Gasteiger charge is 2.07. The molecule has 1 aromatic carbocycles. The maximum atomic E-state index is 5.61. The molecule has 0 amide bonds. The van der Waals surface area contributed by atoms with E-state index in [4.69, 9.17) is 4.74 Å². The lowest BCUT2D eigenvalue weighted by atomic mass is 10.1. The van der Waals surface area contributed by atoms with E-state index in [0.717, 1.165) is 32.7 Å². The van der Waals surface area contributed by atoms with Crippen molar-refractivity contribution >= 4 is 0 Å². The molecule has 1 aliphatic heterocycles. The van der Waals surface area contributed by atoms with E-state index < -0.39 is 0 Å². The first-order valence-corrected chi connectivity index (χ1v) is 5.19. The summed E-state index contributed by atoms with van der Waals surface area (Å²) in [5.41, 5.74) is 2.78. The van der Waals surface area contributed by atoms with E-state index in [2.05, 4.69) is 36.2 Å². The maximum Gasteiger partial charge on any atom is 0.0720 e. The summed E-state index contributed by atoms with van der Waals surface area (Å²) >= 11 is 0. The van der Waals surface area contributed by atoms with Gasteiger partial charge in [0.15, 0.2) is 0 Å². The van der Waals surface area contributed by atoms with Gasteiger partial charge in [0.25, 0.3) is 0 Å². The van der Waals surface area contributed by atoms with E-state index in [0.29, 0.717) is 0 Å². The highest BCUT2D eigenvalue weighted by atomic mass is 16.5. The lowest BCUT2D eigenvalue weighted by molar-refractivity contribution is 0.103. The summed E-state index contributed by atoms with van der Waals surface area (Å²) < 4.78 is 5.61. The molecule has 0 saturated heterocycles. The van der Waals surface area contributed by atoms with Gasteiger partial charge >= 0.3 is 0 Å². The average Bonchev–Trinajstić information content (AvgIpc) is 2.30. The minimum absolute atomic E-state index is 0.768. The summed E-state index contributed by atoms with van der Waals surface area (Å²) in [6, 6.07) is 8.57. The van der Waals surface area contributed by atoms with Gasteiger partial charge in [-0.3, -0.25) is 0 Å². The molecule has 0 aliphatic carbocycles. The van der Waals surface area contributed by atoms with Crippen molar-refractivity contribution in [2.24, 2.45) is 0 Å². The summed E-state index contributed by atoms with van der Waals surface area (Å²) in [4.78, 5) is 2.32. The van der Waals surface area contributed by atoms with Crippen molar-refractivity contribution in [2.45, 2.75) is 13.0 Å². The van der Waals surface area contributed by atoms with Crippen LogP contribution in [-0.4, -0.2) is 31.6 Å². The zero-order valence-corrected chi connectivity index (χ0v) is 8.70. The van der Waals surface area contributed by atoms with Crippen LogP contribution in [0, 0.1) is 0 Å². The number of hydrogen-bond donors (Lipinski definition) is 0. The fraction of sp³-hybridized carbons (Fsp3) is 0.500. The molecule has 0 saturated carbocycles. The molecule has 1 aliphatic rings. The first-order chi connectivity index (χ1) is 6.86. The zero-order valence-electron chi connectivity index (χ0n) is 8.70. The average molecular weight is 191 g/mol.